The van der Waals surface area contributed by atoms with E-state index in [-0.39, 0.29) is 19.1 Å². The van der Waals surface area contributed by atoms with E-state index in [1.165, 1.54) is 0 Å². The number of unbranched alkanes of at least 4 members (excludes halogenated alkanes) is 1. The molecule has 8 heteroatoms. The Morgan fingerprint density at radius 3 is 2.66 bits per heavy atom. The van der Waals surface area contributed by atoms with Crippen molar-refractivity contribution in [2.24, 2.45) is 11.7 Å². The third-order valence-electron chi connectivity index (χ3n) is 8.39. The fraction of sp³-hybridized carbons (Fsp3) is 0.567. The fourth-order valence-electron chi connectivity index (χ4n) is 6.48. The number of methoxy groups -OCH3 is 2. The predicted molar refractivity (Wildman–Crippen MR) is 146 cm³/mol. The predicted octanol–water partition coefficient (Wildman–Crippen LogP) is 3.00. The number of morpholine rings is 1. The van der Waals surface area contributed by atoms with Gasteiger partial charge >= 0.3 is 0 Å². The van der Waals surface area contributed by atoms with E-state index in [0.717, 1.165) is 29.5 Å². The summed E-state index contributed by atoms with van der Waals surface area (Å²) < 4.78 is 17.9. The molecular weight excluding hydrogens is 484 g/mol. The van der Waals surface area contributed by atoms with Crippen LogP contribution < -0.4 is 10.5 Å². The lowest BCUT2D eigenvalue weighted by Gasteiger charge is -2.55. The number of amides is 1. The highest BCUT2D eigenvalue weighted by Gasteiger charge is 2.62. The van der Waals surface area contributed by atoms with Crippen LogP contribution in [0.1, 0.15) is 43.2 Å². The molecule has 5 atom stereocenters. The minimum atomic E-state index is -1.57. The molecule has 0 aromatic heterocycles. The summed E-state index contributed by atoms with van der Waals surface area (Å²) in [5.41, 5.74) is 7.06. The molecule has 1 aliphatic carbocycles. The molecule has 2 aromatic rings. The van der Waals surface area contributed by atoms with Crippen LogP contribution in [0, 0.1) is 12.8 Å². The lowest BCUT2D eigenvalue weighted by atomic mass is 9.64. The van der Waals surface area contributed by atoms with Crippen LogP contribution in [0.2, 0.25) is 0 Å². The zero-order valence-electron chi connectivity index (χ0n) is 22.8. The first kappa shape index (κ1) is 28.5. The van der Waals surface area contributed by atoms with Gasteiger partial charge in [0.2, 0.25) is 6.41 Å². The van der Waals surface area contributed by atoms with E-state index in [0.29, 0.717) is 50.1 Å². The monoisotopic (exact) mass is 526 g/mol. The van der Waals surface area contributed by atoms with E-state index in [4.69, 9.17) is 19.9 Å². The van der Waals surface area contributed by atoms with Crippen molar-refractivity contribution in [3.63, 3.8) is 0 Å². The Kier molecular flexibility index (Phi) is 9.11. The molecule has 2 fully saturated rings. The van der Waals surface area contributed by atoms with Crippen molar-refractivity contribution in [1.29, 1.82) is 0 Å². The van der Waals surface area contributed by atoms with Crippen molar-refractivity contribution < 1.29 is 29.2 Å². The zero-order chi connectivity index (χ0) is 27.3. The first-order valence-electron chi connectivity index (χ1n) is 13.5. The van der Waals surface area contributed by atoms with Crippen LogP contribution in [-0.2, 0) is 19.9 Å². The van der Waals surface area contributed by atoms with Crippen LogP contribution in [0.5, 0.6) is 5.75 Å². The van der Waals surface area contributed by atoms with Gasteiger partial charge in [-0.1, -0.05) is 42.0 Å². The molecule has 1 saturated carbocycles. The van der Waals surface area contributed by atoms with E-state index in [9.17, 15) is 15.0 Å². The Balaban J connectivity index is 1.97. The smallest absolute Gasteiger partial charge is 0.209 e. The van der Waals surface area contributed by atoms with Gasteiger partial charge in [0.25, 0.3) is 0 Å². The van der Waals surface area contributed by atoms with E-state index in [1.54, 1.807) is 19.1 Å². The van der Waals surface area contributed by atoms with Crippen molar-refractivity contribution in [2.75, 3.05) is 40.5 Å². The molecule has 38 heavy (non-hydrogen) atoms. The van der Waals surface area contributed by atoms with Crippen molar-refractivity contribution in [3.8, 4) is 16.9 Å². The maximum atomic E-state index is 13.2. The Bertz CT molecular complexity index is 1090. The topological polar surface area (TPSA) is 114 Å². The van der Waals surface area contributed by atoms with Crippen LogP contribution in [-0.4, -0.2) is 79.8 Å². The lowest BCUT2D eigenvalue weighted by Crippen LogP contribution is -2.66. The maximum absolute atomic E-state index is 13.2. The Hall–Kier alpha value is -2.49. The quantitative estimate of drug-likeness (QED) is 0.305. The van der Waals surface area contributed by atoms with Crippen molar-refractivity contribution >= 4 is 6.41 Å². The second-order valence-corrected chi connectivity index (χ2v) is 10.8. The second kappa shape index (κ2) is 12.1. The first-order chi connectivity index (χ1) is 18.3. The van der Waals surface area contributed by atoms with Crippen molar-refractivity contribution in [3.05, 3.63) is 53.6 Å². The molecule has 0 radical (unpaired) electrons. The molecule has 4 N–H and O–H groups in total. The van der Waals surface area contributed by atoms with Crippen LogP contribution in [0.3, 0.4) is 0 Å². The Morgan fingerprint density at radius 2 is 2.00 bits per heavy atom. The molecule has 208 valence electrons. The number of aliphatic hydroxyl groups is 2. The van der Waals surface area contributed by atoms with Gasteiger partial charge in [-0.15, -0.1) is 0 Å². The van der Waals surface area contributed by atoms with Crippen molar-refractivity contribution in [2.45, 2.75) is 62.4 Å². The molecular formula is C30H42N2O6. The summed E-state index contributed by atoms with van der Waals surface area (Å²) in [6.07, 6.45) is 2.71. The average molecular weight is 527 g/mol. The molecule has 1 heterocycles. The van der Waals surface area contributed by atoms with Gasteiger partial charge in [0.1, 0.15) is 17.0 Å². The fourth-order valence-corrected chi connectivity index (χ4v) is 6.48. The largest absolute Gasteiger partial charge is 0.496 e. The summed E-state index contributed by atoms with van der Waals surface area (Å²) >= 11 is 0. The summed E-state index contributed by atoms with van der Waals surface area (Å²) in [4.78, 5) is 13.7. The van der Waals surface area contributed by atoms with Crippen LogP contribution in [0.25, 0.3) is 11.1 Å². The van der Waals surface area contributed by atoms with Crippen molar-refractivity contribution in [1.82, 2.24) is 4.90 Å². The van der Waals surface area contributed by atoms with Gasteiger partial charge in [-0.05, 0) is 62.1 Å². The number of hydrogen-bond donors (Lipinski definition) is 3. The third-order valence-corrected chi connectivity index (χ3v) is 8.39. The standard InChI is InChI=1S/C30H42N2O6/c1-21-8-6-9-22(16-21)24-10-7-11-27(37-3)28(24)29(35,12-4-5-14-36-2)30(19-32(20-33)13-15-38-30)23-17-25(31)26(34)18-23/h6-11,16,20,23,25-26,34-35H,4-5,12-15,17-19,31H2,1-3H3/t23-,25+,26-,29+,30-/m0/s1. The number of carbonyl (C=O) groups excluding carboxylic acids is 1. The highest BCUT2D eigenvalue weighted by atomic mass is 16.5. The summed E-state index contributed by atoms with van der Waals surface area (Å²) in [6, 6.07) is 13.5. The van der Waals surface area contributed by atoms with Crippen LogP contribution >= 0.6 is 0 Å². The van der Waals surface area contributed by atoms with Gasteiger partial charge in [0, 0.05) is 31.9 Å². The molecule has 0 bridgehead atoms. The first-order valence-corrected chi connectivity index (χ1v) is 13.5. The highest BCUT2D eigenvalue weighted by molar-refractivity contribution is 5.72. The summed E-state index contributed by atoms with van der Waals surface area (Å²) in [6.45, 7) is 3.49. The number of aliphatic hydroxyl groups excluding tert-OH is 1. The molecule has 0 unspecified atom stereocenters. The van der Waals surface area contributed by atoms with Gasteiger partial charge < -0.3 is 35.1 Å². The number of carbonyl (C=O) groups is 1. The van der Waals surface area contributed by atoms with Gasteiger partial charge in [0.05, 0.1) is 26.4 Å². The number of aryl methyl sites for hydroxylation is 1. The minimum absolute atomic E-state index is 0.187. The van der Waals surface area contributed by atoms with Gasteiger partial charge in [-0.25, -0.2) is 0 Å². The molecule has 2 aromatic carbocycles. The third kappa shape index (κ3) is 5.33. The van der Waals surface area contributed by atoms with E-state index < -0.39 is 23.3 Å². The molecule has 8 nitrogen and oxygen atoms in total. The SMILES string of the molecule is COCCCC[C@@](O)(c1c(OC)cccc1-c1cccc(C)c1)[C@@]1([C@H]2C[C@@H](N)[C@@H](O)C2)CN(C=O)CCO1. The van der Waals surface area contributed by atoms with Gasteiger partial charge in [-0.2, -0.15) is 0 Å². The van der Waals surface area contributed by atoms with E-state index >= 15 is 0 Å². The molecule has 1 aliphatic heterocycles. The second-order valence-electron chi connectivity index (χ2n) is 10.8. The zero-order valence-corrected chi connectivity index (χ0v) is 22.8. The van der Waals surface area contributed by atoms with Gasteiger partial charge in [-0.3, -0.25) is 4.79 Å². The minimum Gasteiger partial charge on any atom is -0.496 e. The highest BCUT2D eigenvalue weighted by Crippen LogP contribution is 2.54. The number of nitrogens with zero attached hydrogens (tertiary/aromatic N) is 1. The summed E-state index contributed by atoms with van der Waals surface area (Å²) in [5, 5.41) is 23.9. The number of benzene rings is 2. The Labute approximate surface area is 225 Å². The summed E-state index contributed by atoms with van der Waals surface area (Å²) in [7, 11) is 3.27. The molecule has 1 saturated heterocycles. The van der Waals surface area contributed by atoms with E-state index in [2.05, 4.69) is 6.07 Å². The summed E-state index contributed by atoms with van der Waals surface area (Å²) in [5.74, 6) is 0.269. The number of ether oxygens (including phenoxy) is 3. The Morgan fingerprint density at radius 1 is 1.21 bits per heavy atom. The molecule has 0 spiro atoms. The number of hydrogen-bond acceptors (Lipinski definition) is 7. The lowest BCUT2D eigenvalue weighted by molar-refractivity contribution is -0.247. The number of rotatable bonds is 11. The van der Waals surface area contributed by atoms with Crippen LogP contribution in [0.15, 0.2) is 42.5 Å². The molecule has 4 rings (SSSR count). The molecule has 1 amide bonds. The van der Waals surface area contributed by atoms with Gasteiger partial charge in [0.15, 0.2) is 0 Å². The normalized spacial score (nSPS) is 27.2. The average Bonchev–Trinajstić information content (AvgIpc) is 3.28. The van der Waals surface area contributed by atoms with Crippen LogP contribution in [0.4, 0.5) is 0 Å². The number of nitrogens with two attached hydrogens (primary N) is 1. The molecule has 2 aliphatic rings. The van der Waals surface area contributed by atoms with E-state index in [1.807, 2.05) is 43.3 Å². The maximum Gasteiger partial charge on any atom is 0.209 e.